The maximum atomic E-state index is 12.8. The Labute approximate surface area is 105 Å². The molecule has 0 aliphatic heterocycles. The van der Waals surface area contributed by atoms with Crippen LogP contribution in [-0.2, 0) is 4.79 Å². The molecule has 1 amide bonds. The van der Waals surface area contributed by atoms with Crippen molar-refractivity contribution in [2.24, 2.45) is 0 Å². The topological polar surface area (TPSA) is 41.1 Å². The van der Waals surface area contributed by atoms with E-state index in [1.807, 2.05) is 0 Å². The first kappa shape index (κ1) is 13.8. The number of rotatable bonds is 6. The molecule has 0 aromatic heterocycles. The van der Waals surface area contributed by atoms with Crippen molar-refractivity contribution in [3.63, 3.8) is 0 Å². The largest absolute Gasteiger partial charge is 0.375 e. The number of amides is 1. The summed E-state index contributed by atoms with van der Waals surface area (Å²) in [6.07, 6.45) is 2.00. The van der Waals surface area contributed by atoms with Gasteiger partial charge in [0.2, 0.25) is 5.91 Å². The van der Waals surface area contributed by atoms with E-state index in [1.165, 1.54) is 18.2 Å². The molecular weight excluding hydrogens is 243 g/mol. The van der Waals surface area contributed by atoms with Crippen molar-refractivity contribution < 1.29 is 9.18 Å². The number of anilines is 1. The van der Waals surface area contributed by atoms with Crippen molar-refractivity contribution in [3.8, 4) is 0 Å². The molecule has 0 heterocycles. The Morgan fingerprint density at radius 3 is 2.88 bits per heavy atom. The van der Waals surface area contributed by atoms with Crippen LogP contribution in [0.3, 0.4) is 0 Å². The van der Waals surface area contributed by atoms with Crippen molar-refractivity contribution in [1.29, 1.82) is 0 Å². The van der Waals surface area contributed by atoms with E-state index >= 15 is 0 Å². The van der Waals surface area contributed by atoms with Crippen molar-refractivity contribution in [1.82, 2.24) is 5.32 Å². The Balaban J connectivity index is 2.37. The van der Waals surface area contributed by atoms with E-state index in [4.69, 9.17) is 11.6 Å². The number of hydrogen-bond donors (Lipinski definition) is 2. The van der Waals surface area contributed by atoms with Gasteiger partial charge in [0.25, 0.3) is 0 Å². The molecule has 0 bridgehead atoms. The minimum Gasteiger partial charge on any atom is -0.375 e. The van der Waals surface area contributed by atoms with Crippen molar-refractivity contribution in [3.05, 3.63) is 29.0 Å². The Kier molecular flexibility index (Phi) is 5.77. The predicted molar refractivity (Wildman–Crippen MR) is 67.8 cm³/mol. The smallest absolute Gasteiger partial charge is 0.239 e. The molecule has 0 unspecified atom stereocenters. The summed E-state index contributed by atoms with van der Waals surface area (Å²) in [5, 5.41) is 5.89. The Morgan fingerprint density at radius 2 is 2.24 bits per heavy atom. The van der Waals surface area contributed by atoms with Gasteiger partial charge in [0.15, 0.2) is 0 Å². The number of hydrogen-bond acceptors (Lipinski definition) is 2. The standard InChI is InChI=1S/C12H16ClFN2O/c1-2-3-6-15-12(17)8-16-11-5-4-9(14)7-10(11)13/h4-5,7,16H,2-3,6,8H2,1H3,(H,15,17). The maximum absolute atomic E-state index is 12.8. The molecule has 3 nitrogen and oxygen atoms in total. The highest BCUT2D eigenvalue weighted by Crippen LogP contribution is 2.21. The third-order valence-corrected chi connectivity index (χ3v) is 2.54. The van der Waals surface area contributed by atoms with E-state index in [-0.39, 0.29) is 17.5 Å². The van der Waals surface area contributed by atoms with E-state index in [0.29, 0.717) is 12.2 Å². The molecule has 94 valence electrons. The molecule has 0 fully saturated rings. The molecule has 0 spiro atoms. The van der Waals surface area contributed by atoms with Crippen LogP contribution < -0.4 is 10.6 Å². The van der Waals surface area contributed by atoms with Gasteiger partial charge in [-0.3, -0.25) is 4.79 Å². The van der Waals surface area contributed by atoms with Gasteiger partial charge < -0.3 is 10.6 Å². The number of nitrogens with one attached hydrogen (secondary N) is 2. The van der Waals surface area contributed by atoms with Crippen LogP contribution >= 0.6 is 11.6 Å². The van der Waals surface area contributed by atoms with Gasteiger partial charge in [-0.05, 0) is 24.6 Å². The van der Waals surface area contributed by atoms with Gasteiger partial charge in [0, 0.05) is 6.54 Å². The third kappa shape index (κ3) is 5.04. The van der Waals surface area contributed by atoms with Gasteiger partial charge in [-0.1, -0.05) is 24.9 Å². The van der Waals surface area contributed by atoms with Crippen LogP contribution in [-0.4, -0.2) is 19.0 Å². The lowest BCUT2D eigenvalue weighted by Crippen LogP contribution is -2.30. The molecule has 0 saturated carbocycles. The van der Waals surface area contributed by atoms with Crippen LogP contribution in [0.4, 0.5) is 10.1 Å². The Hall–Kier alpha value is -1.29. The lowest BCUT2D eigenvalue weighted by molar-refractivity contribution is -0.119. The Bertz CT molecular complexity index is 385. The lowest BCUT2D eigenvalue weighted by atomic mass is 10.3. The van der Waals surface area contributed by atoms with E-state index in [1.54, 1.807) is 0 Å². The quantitative estimate of drug-likeness (QED) is 0.771. The van der Waals surface area contributed by atoms with Crippen LogP contribution in [0.1, 0.15) is 19.8 Å². The number of carbonyl (C=O) groups excluding carboxylic acids is 1. The second-order valence-electron chi connectivity index (χ2n) is 3.68. The van der Waals surface area contributed by atoms with Crippen molar-refractivity contribution in [2.45, 2.75) is 19.8 Å². The first-order valence-electron chi connectivity index (χ1n) is 5.59. The zero-order valence-corrected chi connectivity index (χ0v) is 10.5. The molecule has 0 saturated heterocycles. The molecule has 2 N–H and O–H groups in total. The zero-order chi connectivity index (χ0) is 12.7. The minimum absolute atomic E-state index is 0.0983. The third-order valence-electron chi connectivity index (χ3n) is 2.22. The van der Waals surface area contributed by atoms with E-state index in [9.17, 15) is 9.18 Å². The summed E-state index contributed by atoms with van der Waals surface area (Å²) in [7, 11) is 0. The number of benzene rings is 1. The van der Waals surface area contributed by atoms with Gasteiger partial charge in [-0.25, -0.2) is 4.39 Å². The van der Waals surface area contributed by atoms with Gasteiger partial charge in [-0.2, -0.15) is 0 Å². The molecule has 5 heteroatoms. The Morgan fingerprint density at radius 1 is 1.47 bits per heavy atom. The molecular formula is C12H16ClFN2O. The first-order valence-corrected chi connectivity index (χ1v) is 5.97. The maximum Gasteiger partial charge on any atom is 0.239 e. The summed E-state index contributed by atoms with van der Waals surface area (Å²) >= 11 is 5.81. The summed E-state index contributed by atoms with van der Waals surface area (Å²) < 4.78 is 12.8. The minimum atomic E-state index is -0.395. The summed E-state index contributed by atoms with van der Waals surface area (Å²) in [4.78, 5) is 11.4. The number of unbranched alkanes of at least 4 members (excludes halogenated alkanes) is 1. The zero-order valence-electron chi connectivity index (χ0n) is 9.72. The van der Waals surface area contributed by atoms with Crippen LogP contribution in [0.5, 0.6) is 0 Å². The van der Waals surface area contributed by atoms with Gasteiger partial charge in [-0.15, -0.1) is 0 Å². The molecule has 1 aromatic carbocycles. The van der Waals surface area contributed by atoms with Crippen LogP contribution in [0, 0.1) is 5.82 Å². The highest BCUT2D eigenvalue weighted by Gasteiger charge is 2.04. The highest BCUT2D eigenvalue weighted by atomic mass is 35.5. The fraction of sp³-hybridized carbons (Fsp3) is 0.417. The number of halogens is 2. The fourth-order valence-electron chi connectivity index (χ4n) is 1.28. The van der Waals surface area contributed by atoms with Gasteiger partial charge in [0.05, 0.1) is 17.3 Å². The molecule has 0 aliphatic rings. The normalized spacial score (nSPS) is 10.1. The SMILES string of the molecule is CCCCNC(=O)CNc1ccc(F)cc1Cl. The van der Waals surface area contributed by atoms with E-state index < -0.39 is 5.82 Å². The molecule has 0 aliphatic carbocycles. The van der Waals surface area contributed by atoms with Crippen LogP contribution in [0.25, 0.3) is 0 Å². The summed E-state index contributed by atoms with van der Waals surface area (Å²) in [6.45, 7) is 2.87. The number of carbonyl (C=O) groups is 1. The van der Waals surface area contributed by atoms with Crippen molar-refractivity contribution in [2.75, 3.05) is 18.4 Å². The second kappa shape index (κ2) is 7.12. The average Bonchev–Trinajstić information content (AvgIpc) is 2.28. The van der Waals surface area contributed by atoms with Gasteiger partial charge in [0.1, 0.15) is 5.82 Å². The van der Waals surface area contributed by atoms with Gasteiger partial charge >= 0.3 is 0 Å². The van der Waals surface area contributed by atoms with Crippen LogP contribution in [0.15, 0.2) is 18.2 Å². The summed E-state index contributed by atoms with van der Waals surface area (Å²) in [5.74, 6) is -0.494. The lowest BCUT2D eigenvalue weighted by Gasteiger charge is -2.08. The highest BCUT2D eigenvalue weighted by molar-refractivity contribution is 6.33. The monoisotopic (exact) mass is 258 g/mol. The molecule has 17 heavy (non-hydrogen) atoms. The van der Waals surface area contributed by atoms with E-state index in [0.717, 1.165) is 12.8 Å². The van der Waals surface area contributed by atoms with E-state index in [2.05, 4.69) is 17.6 Å². The summed E-state index contributed by atoms with van der Waals surface area (Å²) in [6, 6.07) is 4.01. The molecule has 1 aromatic rings. The molecule has 1 rings (SSSR count). The fourth-order valence-corrected chi connectivity index (χ4v) is 1.51. The first-order chi connectivity index (χ1) is 8.13. The second-order valence-corrected chi connectivity index (χ2v) is 4.09. The predicted octanol–water partition coefficient (Wildman–Crippen LogP) is 2.81. The summed E-state index contributed by atoms with van der Waals surface area (Å²) in [5.41, 5.74) is 0.554. The molecule has 0 radical (unpaired) electrons. The van der Waals surface area contributed by atoms with Crippen LogP contribution in [0.2, 0.25) is 5.02 Å². The van der Waals surface area contributed by atoms with Crippen molar-refractivity contribution >= 4 is 23.2 Å². The average molecular weight is 259 g/mol. The molecule has 0 atom stereocenters.